The third-order valence-electron chi connectivity index (χ3n) is 3.86. The van der Waals surface area contributed by atoms with Gasteiger partial charge in [-0.3, -0.25) is 0 Å². The van der Waals surface area contributed by atoms with Crippen molar-refractivity contribution in [2.24, 2.45) is 0 Å². The van der Waals surface area contributed by atoms with Crippen molar-refractivity contribution < 1.29 is 4.74 Å². The minimum absolute atomic E-state index is 0.368. The molecule has 0 unspecified atom stereocenters. The third kappa shape index (κ3) is 15.6. The van der Waals surface area contributed by atoms with Gasteiger partial charge >= 0.3 is 0 Å². The molecular formula is C21H38O. The lowest BCUT2D eigenvalue weighted by Gasteiger charge is -2.11. The van der Waals surface area contributed by atoms with E-state index in [-0.39, 0.29) is 0 Å². The van der Waals surface area contributed by atoms with Gasteiger partial charge in [-0.1, -0.05) is 76.0 Å². The van der Waals surface area contributed by atoms with Gasteiger partial charge in [-0.25, -0.2) is 0 Å². The van der Waals surface area contributed by atoms with Crippen LogP contribution in [0.4, 0.5) is 0 Å². The Bertz CT molecular complexity index is 288. The molecule has 0 saturated carbocycles. The van der Waals surface area contributed by atoms with Crippen LogP contribution in [0, 0.1) is 0 Å². The minimum Gasteiger partial charge on any atom is -0.381 e. The molecule has 0 spiro atoms. The molecule has 0 amide bonds. The second-order valence-electron chi connectivity index (χ2n) is 5.96. The SMILES string of the molecule is CCCC/C=C\C/C=C\CC[C@H](C/C=C\CCCCC)OC. The predicted octanol–water partition coefficient (Wildman–Crippen LogP) is 7.00. The molecule has 0 heterocycles. The van der Waals surface area contributed by atoms with Crippen LogP contribution in [-0.2, 0) is 4.74 Å². The highest BCUT2D eigenvalue weighted by molar-refractivity contribution is 4.93. The average Bonchev–Trinajstić information content (AvgIpc) is 2.54. The molecule has 0 aromatic rings. The van der Waals surface area contributed by atoms with Gasteiger partial charge in [0, 0.05) is 7.11 Å². The Hall–Kier alpha value is -0.820. The quantitative estimate of drug-likeness (QED) is 0.234. The van der Waals surface area contributed by atoms with Gasteiger partial charge in [0.05, 0.1) is 6.10 Å². The van der Waals surface area contributed by atoms with Crippen molar-refractivity contribution in [3.63, 3.8) is 0 Å². The van der Waals surface area contributed by atoms with Gasteiger partial charge in [0.15, 0.2) is 0 Å². The van der Waals surface area contributed by atoms with Crippen LogP contribution in [0.3, 0.4) is 0 Å². The number of hydrogen-bond donors (Lipinski definition) is 0. The van der Waals surface area contributed by atoms with Crippen molar-refractivity contribution in [2.45, 2.75) is 90.6 Å². The molecule has 0 aliphatic rings. The van der Waals surface area contributed by atoms with Gasteiger partial charge in [-0.2, -0.15) is 0 Å². The summed E-state index contributed by atoms with van der Waals surface area (Å²) < 4.78 is 5.55. The van der Waals surface area contributed by atoms with Crippen LogP contribution in [0.1, 0.15) is 84.5 Å². The third-order valence-corrected chi connectivity index (χ3v) is 3.86. The summed E-state index contributed by atoms with van der Waals surface area (Å²) in [6.07, 6.45) is 27.5. The van der Waals surface area contributed by atoms with E-state index in [1.807, 2.05) is 7.11 Å². The lowest BCUT2D eigenvalue weighted by molar-refractivity contribution is 0.0985. The molecule has 0 N–H and O–H groups in total. The Balaban J connectivity index is 3.61. The molecule has 0 aromatic carbocycles. The van der Waals surface area contributed by atoms with E-state index in [4.69, 9.17) is 4.74 Å². The molecule has 0 aliphatic carbocycles. The van der Waals surface area contributed by atoms with Crippen LogP contribution in [0.5, 0.6) is 0 Å². The Morgan fingerprint density at radius 2 is 1.36 bits per heavy atom. The Morgan fingerprint density at radius 3 is 2.05 bits per heavy atom. The molecule has 0 aliphatic heterocycles. The fraction of sp³-hybridized carbons (Fsp3) is 0.714. The van der Waals surface area contributed by atoms with Gasteiger partial charge in [-0.05, 0) is 44.9 Å². The highest BCUT2D eigenvalue weighted by Crippen LogP contribution is 2.09. The molecule has 1 nitrogen and oxygen atoms in total. The number of unbranched alkanes of at least 4 members (excludes halogenated alkanes) is 5. The van der Waals surface area contributed by atoms with Crippen LogP contribution >= 0.6 is 0 Å². The summed E-state index contributed by atoms with van der Waals surface area (Å²) in [4.78, 5) is 0. The maximum absolute atomic E-state index is 5.55. The predicted molar refractivity (Wildman–Crippen MR) is 100 cm³/mol. The van der Waals surface area contributed by atoms with Crippen LogP contribution in [0.25, 0.3) is 0 Å². The number of methoxy groups -OCH3 is 1. The zero-order chi connectivity index (χ0) is 16.3. The van der Waals surface area contributed by atoms with E-state index in [0.717, 1.165) is 25.7 Å². The summed E-state index contributed by atoms with van der Waals surface area (Å²) in [5, 5.41) is 0. The van der Waals surface area contributed by atoms with E-state index < -0.39 is 0 Å². The largest absolute Gasteiger partial charge is 0.381 e. The minimum atomic E-state index is 0.368. The summed E-state index contributed by atoms with van der Waals surface area (Å²) in [6, 6.07) is 0. The summed E-state index contributed by atoms with van der Waals surface area (Å²) in [5.41, 5.74) is 0. The summed E-state index contributed by atoms with van der Waals surface area (Å²) >= 11 is 0. The number of hydrogen-bond acceptors (Lipinski definition) is 1. The first-order valence-corrected chi connectivity index (χ1v) is 9.32. The average molecular weight is 307 g/mol. The molecule has 0 rings (SSSR count). The molecule has 22 heavy (non-hydrogen) atoms. The second-order valence-corrected chi connectivity index (χ2v) is 5.96. The summed E-state index contributed by atoms with van der Waals surface area (Å²) in [5.74, 6) is 0. The lowest BCUT2D eigenvalue weighted by Crippen LogP contribution is -2.08. The van der Waals surface area contributed by atoms with Gasteiger partial charge in [0.1, 0.15) is 0 Å². The topological polar surface area (TPSA) is 9.23 Å². The van der Waals surface area contributed by atoms with Crippen molar-refractivity contribution in [3.05, 3.63) is 36.5 Å². The zero-order valence-corrected chi connectivity index (χ0v) is 15.2. The molecule has 0 saturated heterocycles. The molecule has 0 radical (unpaired) electrons. The summed E-state index contributed by atoms with van der Waals surface area (Å²) in [6.45, 7) is 4.49. The molecular weight excluding hydrogens is 268 g/mol. The van der Waals surface area contributed by atoms with Crippen molar-refractivity contribution >= 4 is 0 Å². The number of allylic oxidation sites excluding steroid dienone is 5. The first-order valence-electron chi connectivity index (χ1n) is 9.32. The lowest BCUT2D eigenvalue weighted by atomic mass is 10.1. The zero-order valence-electron chi connectivity index (χ0n) is 15.2. The molecule has 0 fully saturated rings. The fourth-order valence-corrected chi connectivity index (χ4v) is 2.32. The Labute approximate surface area is 139 Å². The standard InChI is InChI=1S/C21H38O/c1-4-6-8-10-12-13-14-16-18-20-21(22-3)19-17-15-11-9-7-5-2/h10,12,14-17,21H,4-9,11,13,18-20H2,1-3H3/b12-10-,16-14-,17-15-/t21-/m0/s1. The molecule has 1 heteroatoms. The van der Waals surface area contributed by atoms with Gasteiger partial charge in [-0.15, -0.1) is 0 Å². The molecule has 0 bridgehead atoms. The van der Waals surface area contributed by atoms with Gasteiger partial charge in [0.25, 0.3) is 0 Å². The van der Waals surface area contributed by atoms with Crippen molar-refractivity contribution in [2.75, 3.05) is 7.11 Å². The first kappa shape index (κ1) is 21.2. The Morgan fingerprint density at radius 1 is 0.727 bits per heavy atom. The van der Waals surface area contributed by atoms with E-state index in [0.29, 0.717) is 6.10 Å². The van der Waals surface area contributed by atoms with Crippen molar-refractivity contribution in [1.29, 1.82) is 0 Å². The fourth-order valence-electron chi connectivity index (χ4n) is 2.32. The number of ether oxygens (including phenoxy) is 1. The van der Waals surface area contributed by atoms with Crippen molar-refractivity contribution in [1.82, 2.24) is 0 Å². The second kappa shape index (κ2) is 18.2. The number of rotatable bonds is 15. The monoisotopic (exact) mass is 306 g/mol. The van der Waals surface area contributed by atoms with Gasteiger partial charge < -0.3 is 4.74 Å². The summed E-state index contributed by atoms with van der Waals surface area (Å²) in [7, 11) is 1.83. The highest BCUT2D eigenvalue weighted by Gasteiger charge is 2.02. The van der Waals surface area contributed by atoms with Gasteiger partial charge in [0.2, 0.25) is 0 Å². The van der Waals surface area contributed by atoms with Crippen LogP contribution in [0.2, 0.25) is 0 Å². The maximum Gasteiger partial charge on any atom is 0.0608 e. The highest BCUT2D eigenvalue weighted by atomic mass is 16.5. The molecule has 0 aromatic heterocycles. The van der Waals surface area contributed by atoms with E-state index >= 15 is 0 Å². The maximum atomic E-state index is 5.55. The van der Waals surface area contributed by atoms with Crippen LogP contribution in [-0.4, -0.2) is 13.2 Å². The van der Waals surface area contributed by atoms with Crippen molar-refractivity contribution in [3.8, 4) is 0 Å². The van der Waals surface area contributed by atoms with Crippen LogP contribution in [0.15, 0.2) is 36.5 Å². The smallest absolute Gasteiger partial charge is 0.0608 e. The molecule has 128 valence electrons. The first-order chi connectivity index (χ1) is 10.8. The normalized spacial score (nSPS) is 13.8. The van der Waals surface area contributed by atoms with E-state index in [1.54, 1.807) is 0 Å². The van der Waals surface area contributed by atoms with E-state index in [2.05, 4.69) is 50.3 Å². The van der Waals surface area contributed by atoms with E-state index in [9.17, 15) is 0 Å². The Kier molecular flexibility index (Phi) is 17.6. The van der Waals surface area contributed by atoms with Crippen LogP contribution < -0.4 is 0 Å². The molecule has 1 atom stereocenters. The van der Waals surface area contributed by atoms with E-state index in [1.165, 1.54) is 44.9 Å².